The summed E-state index contributed by atoms with van der Waals surface area (Å²) in [4.78, 5) is 19.6. The Bertz CT molecular complexity index is 544. The standard InChI is InChI=1S/C11H9ClN4O/c12-9-2-1-7(13)5-8(9)11(17)16-10-6-14-3-4-15-10/h1-6H,13H2,(H,15,16,17). The van der Waals surface area contributed by atoms with Crippen LogP contribution in [0.3, 0.4) is 0 Å². The smallest absolute Gasteiger partial charge is 0.258 e. The van der Waals surface area contributed by atoms with Gasteiger partial charge in [-0.2, -0.15) is 0 Å². The van der Waals surface area contributed by atoms with Crippen molar-refractivity contribution in [2.75, 3.05) is 11.1 Å². The zero-order valence-corrected chi connectivity index (χ0v) is 9.48. The van der Waals surface area contributed by atoms with Crippen molar-refractivity contribution in [3.05, 3.63) is 47.4 Å². The highest BCUT2D eigenvalue weighted by molar-refractivity contribution is 6.34. The van der Waals surface area contributed by atoms with E-state index in [9.17, 15) is 4.79 Å². The first kappa shape index (κ1) is 11.3. The van der Waals surface area contributed by atoms with Crippen LogP contribution in [0, 0.1) is 0 Å². The van der Waals surface area contributed by atoms with E-state index in [4.69, 9.17) is 17.3 Å². The second kappa shape index (κ2) is 4.80. The van der Waals surface area contributed by atoms with E-state index in [-0.39, 0.29) is 5.91 Å². The Morgan fingerprint density at radius 1 is 1.35 bits per heavy atom. The highest BCUT2D eigenvalue weighted by Crippen LogP contribution is 2.19. The molecule has 2 aromatic rings. The molecular formula is C11H9ClN4O. The monoisotopic (exact) mass is 248 g/mol. The molecule has 1 amide bonds. The van der Waals surface area contributed by atoms with Crippen LogP contribution < -0.4 is 11.1 Å². The molecule has 0 aliphatic rings. The van der Waals surface area contributed by atoms with Crippen LogP contribution in [0.25, 0.3) is 0 Å². The Labute approximate surface area is 103 Å². The van der Waals surface area contributed by atoms with Crippen LogP contribution >= 0.6 is 11.6 Å². The highest BCUT2D eigenvalue weighted by atomic mass is 35.5. The lowest BCUT2D eigenvalue weighted by molar-refractivity contribution is 0.102. The van der Waals surface area contributed by atoms with Gasteiger partial charge in [0.1, 0.15) is 0 Å². The number of nitrogen functional groups attached to an aromatic ring is 1. The van der Waals surface area contributed by atoms with Gasteiger partial charge in [-0.25, -0.2) is 4.98 Å². The van der Waals surface area contributed by atoms with Crippen molar-refractivity contribution >= 4 is 29.0 Å². The average Bonchev–Trinajstić information content (AvgIpc) is 2.33. The maximum absolute atomic E-state index is 11.9. The summed E-state index contributed by atoms with van der Waals surface area (Å²) in [7, 11) is 0. The van der Waals surface area contributed by atoms with Gasteiger partial charge in [0, 0.05) is 18.1 Å². The predicted molar refractivity (Wildman–Crippen MR) is 65.8 cm³/mol. The van der Waals surface area contributed by atoms with E-state index in [0.29, 0.717) is 22.1 Å². The number of nitrogens with zero attached hydrogens (tertiary/aromatic N) is 2. The average molecular weight is 249 g/mol. The van der Waals surface area contributed by atoms with E-state index in [0.717, 1.165) is 0 Å². The molecule has 6 heteroatoms. The van der Waals surface area contributed by atoms with Crippen LogP contribution in [0.2, 0.25) is 5.02 Å². The lowest BCUT2D eigenvalue weighted by atomic mass is 10.2. The number of carbonyl (C=O) groups is 1. The Hall–Kier alpha value is -2.14. The van der Waals surface area contributed by atoms with Crippen LogP contribution in [-0.4, -0.2) is 15.9 Å². The van der Waals surface area contributed by atoms with Crippen molar-refractivity contribution in [3.63, 3.8) is 0 Å². The maximum Gasteiger partial charge on any atom is 0.258 e. The number of carbonyl (C=O) groups excluding carboxylic acids is 1. The number of benzene rings is 1. The van der Waals surface area contributed by atoms with Crippen LogP contribution in [0.4, 0.5) is 11.5 Å². The van der Waals surface area contributed by atoms with Gasteiger partial charge in [0.05, 0.1) is 16.8 Å². The van der Waals surface area contributed by atoms with Crippen molar-refractivity contribution in [3.8, 4) is 0 Å². The number of hydrogen-bond acceptors (Lipinski definition) is 4. The number of anilines is 2. The van der Waals surface area contributed by atoms with Gasteiger partial charge in [-0.15, -0.1) is 0 Å². The normalized spacial score (nSPS) is 9.94. The van der Waals surface area contributed by atoms with Gasteiger partial charge in [-0.05, 0) is 18.2 Å². The summed E-state index contributed by atoms with van der Waals surface area (Å²) in [6, 6.07) is 4.71. The summed E-state index contributed by atoms with van der Waals surface area (Å²) in [5.41, 5.74) is 6.37. The van der Waals surface area contributed by atoms with E-state index < -0.39 is 0 Å². The molecule has 1 aromatic heterocycles. The molecule has 0 unspecified atom stereocenters. The molecule has 0 bridgehead atoms. The summed E-state index contributed by atoms with van der Waals surface area (Å²) >= 11 is 5.90. The number of amides is 1. The first-order chi connectivity index (χ1) is 8.16. The largest absolute Gasteiger partial charge is 0.399 e. The molecule has 0 spiro atoms. The Morgan fingerprint density at radius 3 is 2.88 bits per heavy atom. The Morgan fingerprint density at radius 2 is 2.18 bits per heavy atom. The third-order valence-corrected chi connectivity index (χ3v) is 2.37. The molecule has 0 aliphatic heterocycles. The molecule has 0 atom stereocenters. The first-order valence-corrected chi connectivity index (χ1v) is 5.17. The minimum absolute atomic E-state index is 0.303. The molecular weight excluding hydrogens is 240 g/mol. The number of rotatable bonds is 2. The summed E-state index contributed by atoms with van der Waals surface area (Å²) in [5.74, 6) is -0.0150. The molecule has 5 nitrogen and oxygen atoms in total. The Kier molecular flexibility index (Phi) is 3.20. The quantitative estimate of drug-likeness (QED) is 0.796. The van der Waals surface area contributed by atoms with Gasteiger partial charge in [-0.3, -0.25) is 9.78 Å². The zero-order chi connectivity index (χ0) is 12.3. The molecule has 17 heavy (non-hydrogen) atoms. The van der Waals surface area contributed by atoms with Crippen LogP contribution in [0.1, 0.15) is 10.4 Å². The first-order valence-electron chi connectivity index (χ1n) is 4.79. The molecule has 3 N–H and O–H groups in total. The van der Waals surface area contributed by atoms with Crippen LogP contribution in [-0.2, 0) is 0 Å². The van der Waals surface area contributed by atoms with Gasteiger partial charge >= 0.3 is 0 Å². The number of nitrogens with one attached hydrogen (secondary N) is 1. The minimum atomic E-state index is -0.372. The van der Waals surface area contributed by atoms with Gasteiger partial charge < -0.3 is 11.1 Å². The van der Waals surface area contributed by atoms with Crippen LogP contribution in [0.15, 0.2) is 36.8 Å². The van der Waals surface area contributed by atoms with Gasteiger partial charge in [-0.1, -0.05) is 11.6 Å². The number of hydrogen-bond donors (Lipinski definition) is 2. The summed E-state index contributed by atoms with van der Waals surface area (Å²) < 4.78 is 0. The molecule has 0 saturated carbocycles. The highest BCUT2D eigenvalue weighted by Gasteiger charge is 2.11. The molecule has 0 saturated heterocycles. The van der Waals surface area contributed by atoms with E-state index in [1.54, 1.807) is 12.1 Å². The summed E-state index contributed by atoms with van der Waals surface area (Å²) in [6.07, 6.45) is 4.44. The van der Waals surface area contributed by atoms with Crippen LogP contribution in [0.5, 0.6) is 0 Å². The second-order valence-corrected chi connectivity index (χ2v) is 3.69. The lowest BCUT2D eigenvalue weighted by Gasteiger charge is -2.06. The molecule has 86 valence electrons. The van der Waals surface area contributed by atoms with Gasteiger partial charge in [0.25, 0.3) is 5.91 Å². The number of nitrogens with two attached hydrogens (primary N) is 1. The summed E-state index contributed by atoms with van der Waals surface area (Å²) in [5, 5.41) is 2.91. The third-order valence-electron chi connectivity index (χ3n) is 2.04. The van der Waals surface area contributed by atoms with E-state index >= 15 is 0 Å². The third kappa shape index (κ3) is 2.70. The maximum atomic E-state index is 11.9. The van der Waals surface area contributed by atoms with Crippen molar-refractivity contribution < 1.29 is 4.79 Å². The fourth-order valence-electron chi connectivity index (χ4n) is 1.26. The Balaban J connectivity index is 2.23. The number of aromatic nitrogens is 2. The minimum Gasteiger partial charge on any atom is -0.399 e. The van der Waals surface area contributed by atoms with Crippen molar-refractivity contribution in [2.45, 2.75) is 0 Å². The second-order valence-electron chi connectivity index (χ2n) is 3.28. The molecule has 2 rings (SSSR count). The van der Waals surface area contributed by atoms with Gasteiger partial charge in [0.2, 0.25) is 0 Å². The summed E-state index contributed by atoms with van der Waals surface area (Å²) in [6.45, 7) is 0. The molecule has 0 fully saturated rings. The lowest BCUT2D eigenvalue weighted by Crippen LogP contribution is -2.13. The fourth-order valence-corrected chi connectivity index (χ4v) is 1.47. The SMILES string of the molecule is Nc1ccc(Cl)c(C(=O)Nc2cnccn2)c1. The zero-order valence-electron chi connectivity index (χ0n) is 8.72. The van der Waals surface area contributed by atoms with E-state index in [2.05, 4.69) is 15.3 Å². The molecule has 1 aromatic carbocycles. The van der Waals surface area contributed by atoms with E-state index in [1.165, 1.54) is 24.7 Å². The fraction of sp³-hybridized carbons (Fsp3) is 0. The van der Waals surface area contributed by atoms with Crippen molar-refractivity contribution in [1.29, 1.82) is 0 Å². The topological polar surface area (TPSA) is 80.9 Å². The van der Waals surface area contributed by atoms with Crippen molar-refractivity contribution in [2.24, 2.45) is 0 Å². The predicted octanol–water partition coefficient (Wildman–Crippen LogP) is 1.96. The van der Waals surface area contributed by atoms with Crippen molar-refractivity contribution in [1.82, 2.24) is 9.97 Å². The number of halogens is 1. The molecule has 1 heterocycles. The van der Waals surface area contributed by atoms with Gasteiger partial charge in [0.15, 0.2) is 5.82 Å². The molecule has 0 radical (unpaired) electrons. The van der Waals surface area contributed by atoms with E-state index in [1.807, 2.05) is 0 Å². The molecule has 0 aliphatic carbocycles.